The molecule has 0 spiro atoms. The van der Waals surface area contributed by atoms with Crippen LogP contribution < -0.4 is 5.73 Å². The van der Waals surface area contributed by atoms with Gasteiger partial charge in [0, 0.05) is 52.9 Å². The lowest BCUT2D eigenvalue weighted by molar-refractivity contribution is 0.662. The fourth-order valence-corrected chi connectivity index (χ4v) is 3.09. The number of anilines is 1. The Hall–Kier alpha value is -3.08. The zero-order chi connectivity index (χ0) is 16.7. The molecule has 120 valence electrons. The predicted octanol–water partition coefficient (Wildman–Crippen LogP) is 4.00. The summed E-state index contributed by atoms with van der Waals surface area (Å²) >= 11 is 0. The minimum absolute atomic E-state index is 0.753. The van der Waals surface area contributed by atoms with Gasteiger partial charge in [-0.15, -0.1) is 0 Å². The number of hydrogen-bond acceptors (Lipinski definition) is 3. The van der Waals surface area contributed by atoms with Crippen molar-refractivity contribution < 1.29 is 0 Å². The molecule has 4 aromatic rings. The second-order valence-electron chi connectivity index (χ2n) is 5.93. The summed E-state index contributed by atoms with van der Waals surface area (Å²) in [5.41, 5.74) is 12.9. The van der Waals surface area contributed by atoms with Gasteiger partial charge in [0.1, 0.15) is 11.3 Å². The number of nitrogens with one attached hydrogen (secondary N) is 1. The number of nitrogens with two attached hydrogens (primary N) is 1. The predicted molar refractivity (Wildman–Crippen MR) is 97.6 cm³/mol. The molecule has 0 saturated carbocycles. The molecule has 3 heterocycles. The molecule has 3 aromatic heterocycles. The molecule has 0 amide bonds. The molecule has 1 aromatic carbocycles. The Bertz CT molecular complexity index is 1010. The summed E-state index contributed by atoms with van der Waals surface area (Å²) in [4.78, 5) is 7.66. The molecule has 24 heavy (non-hydrogen) atoms. The molecule has 4 rings (SSSR count). The number of nitrogen functional groups attached to an aromatic ring is 1. The molecule has 0 aliphatic carbocycles. The highest BCUT2D eigenvalue weighted by atomic mass is 15.3. The minimum Gasteiger partial charge on any atom is -0.399 e. The van der Waals surface area contributed by atoms with Gasteiger partial charge < -0.3 is 10.7 Å². The van der Waals surface area contributed by atoms with Crippen LogP contribution in [-0.2, 0) is 6.54 Å². The number of hydrogen-bond donors (Lipinski definition) is 2. The maximum atomic E-state index is 5.83. The van der Waals surface area contributed by atoms with Gasteiger partial charge in [0.2, 0.25) is 0 Å². The Kier molecular flexibility index (Phi) is 3.34. The van der Waals surface area contributed by atoms with Gasteiger partial charge in [0.25, 0.3) is 0 Å². The quantitative estimate of drug-likeness (QED) is 0.561. The lowest BCUT2D eigenvalue weighted by Gasteiger charge is -2.08. The average molecular weight is 317 g/mol. The number of rotatable bonds is 3. The van der Waals surface area contributed by atoms with E-state index >= 15 is 0 Å². The van der Waals surface area contributed by atoms with Gasteiger partial charge in [0.15, 0.2) is 0 Å². The third-order valence-electron chi connectivity index (χ3n) is 4.32. The topological polar surface area (TPSA) is 72.5 Å². The fourth-order valence-electron chi connectivity index (χ4n) is 3.09. The summed E-state index contributed by atoms with van der Waals surface area (Å²) in [7, 11) is 0. The van der Waals surface area contributed by atoms with Crippen LogP contribution in [0.3, 0.4) is 0 Å². The van der Waals surface area contributed by atoms with Crippen molar-refractivity contribution in [2.75, 3.05) is 5.73 Å². The lowest BCUT2D eigenvalue weighted by Crippen LogP contribution is -1.93. The van der Waals surface area contributed by atoms with Crippen molar-refractivity contribution in [2.24, 2.45) is 0 Å². The van der Waals surface area contributed by atoms with Gasteiger partial charge in [-0.05, 0) is 37.6 Å². The van der Waals surface area contributed by atoms with Crippen molar-refractivity contribution in [1.82, 2.24) is 19.7 Å². The number of aromatic amines is 1. The van der Waals surface area contributed by atoms with Crippen molar-refractivity contribution in [1.29, 1.82) is 0 Å². The number of fused-ring (bicyclic) bond motifs is 1. The van der Waals surface area contributed by atoms with Crippen LogP contribution in [0.25, 0.3) is 33.4 Å². The highest BCUT2D eigenvalue weighted by Crippen LogP contribution is 2.37. The van der Waals surface area contributed by atoms with Crippen LogP contribution in [0.2, 0.25) is 0 Å². The normalized spacial score (nSPS) is 11.2. The molecule has 0 fully saturated rings. The number of benzene rings is 1. The van der Waals surface area contributed by atoms with Gasteiger partial charge in [-0.3, -0.25) is 4.68 Å². The Balaban J connectivity index is 2.01. The molecule has 0 aliphatic rings. The van der Waals surface area contributed by atoms with E-state index in [9.17, 15) is 0 Å². The van der Waals surface area contributed by atoms with Gasteiger partial charge in [-0.2, -0.15) is 5.10 Å². The van der Waals surface area contributed by atoms with Crippen molar-refractivity contribution in [3.8, 4) is 22.4 Å². The first-order valence-electron chi connectivity index (χ1n) is 8.04. The maximum absolute atomic E-state index is 5.83. The fraction of sp³-hybridized carbons (Fsp3) is 0.158. The first-order chi connectivity index (χ1) is 11.7. The van der Waals surface area contributed by atoms with Crippen LogP contribution in [0.1, 0.15) is 12.5 Å². The van der Waals surface area contributed by atoms with E-state index in [1.165, 1.54) is 5.56 Å². The van der Waals surface area contributed by atoms with Crippen molar-refractivity contribution >= 4 is 16.7 Å². The number of nitrogens with zero attached hydrogens (tertiary/aromatic N) is 3. The number of aromatic nitrogens is 4. The SMILES string of the molecule is CCn1cc(-c2c(C)cnc3[nH]ccc23)c(-c2ccc(N)cc2)n1. The maximum Gasteiger partial charge on any atom is 0.137 e. The summed E-state index contributed by atoms with van der Waals surface area (Å²) in [6.07, 6.45) is 5.94. The first-order valence-corrected chi connectivity index (χ1v) is 8.04. The van der Waals surface area contributed by atoms with Crippen LogP contribution in [-0.4, -0.2) is 19.7 Å². The van der Waals surface area contributed by atoms with Gasteiger partial charge in [-0.1, -0.05) is 12.1 Å². The van der Waals surface area contributed by atoms with E-state index in [1.54, 1.807) is 0 Å². The molecule has 5 heteroatoms. The zero-order valence-corrected chi connectivity index (χ0v) is 13.7. The van der Waals surface area contributed by atoms with Crippen LogP contribution >= 0.6 is 0 Å². The summed E-state index contributed by atoms with van der Waals surface area (Å²) in [5.74, 6) is 0. The molecule has 0 radical (unpaired) electrons. The van der Waals surface area contributed by atoms with Gasteiger partial charge in [-0.25, -0.2) is 4.98 Å². The standard InChI is InChI=1S/C19H19N5/c1-3-24-11-16(18(23-24)13-4-6-14(20)7-5-13)17-12(2)10-22-19-15(17)8-9-21-19/h4-11H,3,20H2,1-2H3,(H,21,22). The Morgan fingerprint density at radius 2 is 1.96 bits per heavy atom. The summed E-state index contributed by atoms with van der Waals surface area (Å²) in [6.45, 7) is 5.00. The third kappa shape index (κ3) is 2.25. The van der Waals surface area contributed by atoms with E-state index in [0.717, 1.165) is 45.6 Å². The largest absolute Gasteiger partial charge is 0.399 e. The minimum atomic E-state index is 0.753. The Morgan fingerprint density at radius 3 is 2.71 bits per heavy atom. The van der Waals surface area contributed by atoms with E-state index in [2.05, 4.69) is 36.1 Å². The van der Waals surface area contributed by atoms with E-state index in [4.69, 9.17) is 10.8 Å². The highest BCUT2D eigenvalue weighted by molar-refractivity contribution is 5.98. The Labute approximate surface area is 140 Å². The first kappa shape index (κ1) is 14.5. The molecule has 0 atom stereocenters. The molecule has 3 N–H and O–H groups in total. The summed E-state index contributed by atoms with van der Waals surface area (Å²) in [6, 6.07) is 9.93. The zero-order valence-electron chi connectivity index (χ0n) is 13.7. The van der Waals surface area contributed by atoms with E-state index in [0.29, 0.717) is 0 Å². The van der Waals surface area contributed by atoms with E-state index in [-0.39, 0.29) is 0 Å². The lowest BCUT2D eigenvalue weighted by atomic mass is 9.97. The average Bonchev–Trinajstić information content (AvgIpc) is 3.22. The number of aryl methyl sites for hydroxylation is 2. The Morgan fingerprint density at radius 1 is 1.17 bits per heavy atom. The van der Waals surface area contributed by atoms with Gasteiger partial charge in [0.05, 0.1) is 0 Å². The number of H-pyrrole nitrogens is 1. The van der Waals surface area contributed by atoms with E-state index in [1.807, 2.05) is 41.3 Å². The molecule has 5 nitrogen and oxygen atoms in total. The smallest absolute Gasteiger partial charge is 0.137 e. The van der Waals surface area contributed by atoms with Crippen molar-refractivity contribution in [3.05, 3.63) is 54.5 Å². The highest BCUT2D eigenvalue weighted by Gasteiger charge is 2.17. The molecule has 0 saturated heterocycles. The second kappa shape index (κ2) is 5.53. The summed E-state index contributed by atoms with van der Waals surface area (Å²) in [5, 5.41) is 5.90. The molecule has 0 aliphatic heterocycles. The van der Waals surface area contributed by atoms with Crippen LogP contribution in [0.5, 0.6) is 0 Å². The summed E-state index contributed by atoms with van der Waals surface area (Å²) < 4.78 is 1.97. The third-order valence-corrected chi connectivity index (χ3v) is 4.32. The molecule has 0 unspecified atom stereocenters. The van der Waals surface area contributed by atoms with Crippen molar-refractivity contribution in [2.45, 2.75) is 20.4 Å². The second-order valence-corrected chi connectivity index (χ2v) is 5.93. The van der Waals surface area contributed by atoms with Crippen molar-refractivity contribution in [3.63, 3.8) is 0 Å². The molecular formula is C19H19N5. The van der Waals surface area contributed by atoms with Crippen LogP contribution in [0.4, 0.5) is 5.69 Å². The molecular weight excluding hydrogens is 298 g/mol. The van der Waals surface area contributed by atoms with Crippen LogP contribution in [0.15, 0.2) is 48.9 Å². The van der Waals surface area contributed by atoms with Gasteiger partial charge >= 0.3 is 0 Å². The van der Waals surface area contributed by atoms with Crippen LogP contribution in [0, 0.1) is 6.92 Å². The molecule has 0 bridgehead atoms. The number of pyridine rings is 1. The van der Waals surface area contributed by atoms with E-state index < -0.39 is 0 Å². The monoisotopic (exact) mass is 317 g/mol.